The van der Waals surface area contributed by atoms with Crippen LogP contribution in [0, 0.1) is 11.8 Å². The SMILES string of the molecule is C=C(/C=C\C(CC)c1cccc2c(-c3c4ccccc4c(C4=CC5C=CC=CC5C=C4)c4ccccc34)cccc12)C1CC=CC=N1. The third-order valence-electron chi connectivity index (χ3n) is 10.2. The molecule has 5 aromatic rings. The minimum atomic E-state index is 0.134. The van der Waals surface area contributed by atoms with E-state index in [4.69, 9.17) is 0 Å². The number of hydrogen-bond donors (Lipinski definition) is 0. The quantitative estimate of drug-likeness (QED) is 0.129. The molecule has 0 aromatic heterocycles. The van der Waals surface area contributed by atoms with Gasteiger partial charge in [0.05, 0.1) is 6.04 Å². The summed E-state index contributed by atoms with van der Waals surface area (Å²) in [5.74, 6) is 1.10. The van der Waals surface area contributed by atoms with Crippen molar-refractivity contribution < 1.29 is 0 Å². The van der Waals surface area contributed by atoms with E-state index in [1.807, 2.05) is 12.3 Å². The average Bonchev–Trinajstić information content (AvgIpc) is 3.14. The second kappa shape index (κ2) is 12.5. The number of allylic oxidation sites excluding steroid dienone is 10. The highest BCUT2D eigenvalue weighted by molar-refractivity contribution is 6.22. The van der Waals surface area contributed by atoms with Gasteiger partial charge in [0.2, 0.25) is 0 Å². The zero-order valence-electron chi connectivity index (χ0n) is 26.9. The first-order valence-electron chi connectivity index (χ1n) is 17.0. The fourth-order valence-corrected chi connectivity index (χ4v) is 7.79. The van der Waals surface area contributed by atoms with Crippen molar-refractivity contribution in [3.63, 3.8) is 0 Å². The third-order valence-corrected chi connectivity index (χ3v) is 10.2. The molecule has 0 saturated heterocycles. The molecule has 3 aliphatic rings. The van der Waals surface area contributed by atoms with Gasteiger partial charge in [-0.2, -0.15) is 0 Å². The predicted molar refractivity (Wildman–Crippen MR) is 204 cm³/mol. The molecule has 5 aromatic carbocycles. The van der Waals surface area contributed by atoms with Crippen LogP contribution < -0.4 is 0 Å². The first-order valence-corrected chi connectivity index (χ1v) is 17.0. The van der Waals surface area contributed by atoms with Crippen LogP contribution >= 0.6 is 0 Å². The molecule has 0 amide bonds. The van der Waals surface area contributed by atoms with Gasteiger partial charge in [-0.3, -0.25) is 4.99 Å². The monoisotopic (exact) mass is 605 g/mol. The Balaban J connectivity index is 1.29. The lowest BCUT2D eigenvalue weighted by Crippen LogP contribution is -2.11. The van der Waals surface area contributed by atoms with E-state index in [2.05, 4.69) is 164 Å². The minimum absolute atomic E-state index is 0.134. The van der Waals surface area contributed by atoms with Gasteiger partial charge in [0.15, 0.2) is 0 Å². The van der Waals surface area contributed by atoms with Gasteiger partial charge in [-0.15, -0.1) is 0 Å². The highest BCUT2D eigenvalue weighted by Crippen LogP contribution is 2.46. The number of hydrogen-bond acceptors (Lipinski definition) is 1. The Labute approximate surface area is 278 Å². The van der Waals surface area contributed by atoms with E-state index in [0.717, 1.165) is 18.4 Å². The number of aliphatic imine (C=N–C) groups is 1. The lowest BCUT2D eigenvalue weighted by Gasteiger charge is -2.25. The normalized spacial score (nSPS) is 20.7. The van der Waals surface area contributed by atoms with Crippen LogP contribution in [0.4, 0.5) is 0 Å². The molecule has 4 atom stereocenters. The van der Waals surface area contributed by atoms with Crippen LogP contribution in [0.2, 0.25) is 0 Å². The summed E-state index contributed by atoms with van der Waals surface area (Å²) in [6.45, 7) is 6.64. The minimum Gasteiger partial charge on any atom is -0.285 e. The van der Waals surface area contributed by atoms with Crippen molar-refractivity contribution in [1.82, 2.24) is 0 Å². The molecule has 47 heavy (non-hydrogen) atoms. The molecule has 8 rings (SSSR count). The van der Waals surface area contributed by atoms with Gasteiger partial charge in [-0.1, -0.05) is 159 Å². The maximum Gasteiger partial charge on any atom is 0.0777 e. The number of fused-ring (bicyclic) bond motifs is 4. The molecule has 0 spiro atoms. The molecule has 1 nitrogen and oxygen atoms in total. The molecule has 0 bridgehead atoms. The molecule has 1 heterocycles. The largest absolute Gasteiger partial charge is 0.285 e. The van der Waals surface area contributed by atoms with Crippen LogP contribution in [0.5, 0.6) is 0 Å². The molecular formula is C46H39N. The highest BCUT2D eigenvalue weighted by atomic mass is 14.8. The van der Waals surface area contributed by atoms with Crippen molar-refractivity contribution >= 4 is 44.1 Å². The number of dihydropyridines is 1. The van der Waals surface area contributed by atoms with Crippen LogP contribution in [0.1, 0.15) is 36.8 Å². The first-order chi connectivity index (χ1) is 23.2. The molecule has 4 unspecified atom stereocenters. The molecule has 2 aliphatic carbocycles. The zero-order chi connectivity index (χ0) is 31.7. The fraction of sp³-hybridized carbons (Fsp3) is 0.152. The molecule has 1 aliphatic heterocycles. The zero-order valence-corrected chi connectivity index (χ0v) is 26.9. The lowest BCUT2D eigenvalue weighted by molar-refractivity contribution is 0.663. The summed E-state index contributed by atoms with van der Waals surface area (Å²) < 4.78 is 0. The van der Waals surface area contributed by atoms with Crippen molar-refractivity contribution in [2.75, 3.05) is 0 Å². The Bertz CT molecular complexity index is 2190. The van der Waals surface area contributed by atoms with Crippen molar-refractivity contribution in [1.29, 1.82) is 0 Å². The van der Waals surface area contributed by atoms with Gasteiger partial charge in [-0.05, 0) is 84.6 Å². The standard InChI is InChI=1S/C46H39N/c1-3-32(26-25-31(2)44-24-10-11-29-47-44)36-20-12-22-38-37(36)21-13-23-39(38)46-42-18-8-6-16-40(42)45(41-17-7-9-19-43(41)46)35-28-27-33-14-4-5-15-34(33)30-35/h4-23,25-30,32-34,44H,2-3,24H2,1H3/b26-25-. The summed E-state index contributed by atoms with van der Waals surface area (Å²) in [5.41, 5.74) is 7.64. The average molecular weight is 606 g/mol. The summed E-state index contributed by atoms with van der Waals surface area (Å²) in [7, 11) is 0. The van der Waals surface area contributed by atoms with E-state index in [-0.39, 0.29) is 12.0 Å². The Morgan fingerprint density at radius 2 is 1.40 bits per heavy atom. The summed E-state index contributed by atoms with van der Waals surface area (Å²) in [6.07, 6.45) is 28.7. The Morgan fingerprint density at radius 3 is 2.11 bits per heavy atom. The van der Waals surface area contributed by atoms with E-state index in [1.54, 1.807) is 0 Å². The predicted octanol–water partition coefficient (Wildman–Crippen LogP) is 12.1. The van der Waals surface area contributed by atoms with Crippen molar-refractivity contribution in [2.45, 2.75) is 31.7 Å². The topological polar surface area (TPSA) is 12.4 Å². The molecular weight excluding hydrogens is 567 g/mol. The van der Waals surface area contributed by atoms with E-state index < -0.39 is 0 Å². The summed E-state index contributed by atoms with van der Waals surface area (Å²) in [6, 6.07) is 31.8. The number of benzene rings is 5. The molecule has 0 radical (unpaired) electrons. The Hall–Kier alpha value is -5.27. The highest BCUT2D eigenvalue weighted by Gasteiger charge is 2.23. The van der Waals surface area contributed by atoms with Gasteiger partial charge in [0, 0.05) is 24.0 Å². The van der Waals surface area contributed by atoms with Crippen LogP contribution in [-0.2, 0) is 0 Å². The van der Waals surface area contributed by atoms with Gasteiger partial charge in [0.25, 0.3) is 0 Å². The lowest BCUT2D eigenvalue weighted by atomic mass is 9.78. The van der Waals surface area contributed by atoms with Gasteiger partial charge in [-0.25, -0.2) is 0 Å². The van der Waals surface area contributed by atoms with E-state index in [0.29, 0.717) is 11.8 Å². The Morgan fingerprint density at radius 1 is 0.745 bits per heavy atom. The van der Waals surface area contributed by atoms with Gasteiger partial charge in [0.1, 0.15) is 0 Å². The summed E-state index contributed by atoms with van der Waals surface area (Å²) in [4.78, 5) is 4.63. The van der Waals surface area contributed by atoms with Crippen LogP contribution in [0.15, 0.2) is 169 Å². The third kappa shape index (κ3) is 5.26. The summed E-state index contributed by atoms with van der Waals surface area (Å²) in [5, 5.41) is 7.78. The maximum absolute atomic E-state index is 4.63. The van der Waals surface area contributed by atoms with Crippen LogP contribution in [0.25, 0.3) is 49.0 Å². The Kier molecular flexibility index (Phi) is 7.75. The van der Waals surface area contributed by atoms with Crippen LogP contribution in [-0.4, -0.2) is 12.3 Å². The van der Waals surface area contributed by atoms with Crippen LogP contribution in [0.3, 0.4) is 0 Å². The van der Waals surface area contributed by atoms with Gasteiger partial charge >= 0.3 is 0 Å². The van der Waals surface area contributed by atoms with E-state index in [9.17, 15) is 0 Å². The van der Waals surface area contributed by atoms with Crippen molar-refractivity contribution in [2.24, 2.45) is 16.8 Å². The fourth-order valence-electron chi connectivity index (χ4n) is 7.79. The molecule has 0 fully saturated rings. The molecule has 0 saturated carbocycles. The van der Waals surface area contributed by atoms with E-state index >= 15 is 0 Å². The molecule has 228 valence electrons. The smallest absolute Gasteiger partial charge is 0.0777 e. The molecule has 0 N–H and O–H groups in total. The summed E-state index contributed by atoms with van der Waals surface area (Å²) >= 11 is 0. The second-order valence-corrected chi connectivity index (χ2v) is 12.9. The maximum atomic E-state index is 4.63. The number of rotatable bonds is 7. The number of nitrogens with zero attached hydrogens (tertiary/aromatic N) is 1. The first kappa shape index (κ1) is 29.2. The van der Waals surface area contributed by atoms with Crippen molar-refractivity contribution in [3.8, 4) is 11.1 Å². The second-order valence-electron chi connectivity index (χ2n) is 12.9. The molecule has 1 heteroatoms. The van der Waals surface area contributed by atoms with Crippen molar-refractivity contribution in [3.05, 3.63) is 175 Å². The van der Waals surface area contributed by atoms with Gasteiger partial charge < -0.3 is 0 Å². The van der Waals surface area contributed by atoms with E-state index in [1.165, 1.54) is 60.1 Å².